The molecule has 116 valence electrons. The van der Waals surface area contributed by atoms with E-state index in [1.54, 1.807) is 7.11 Å². The van der Waals surface area contributed by atoms with Crippen LogP contribution in [0.1, 0.15) is 48.0 Å². The number of rotatable bonds is 4. The summed E-state index contributed by atoms with van der Waals surface area (Å²) >= 11 is 0. The number of nitrogens with zero attached hydrogens (tertiary/aromatic N) is 1. The number of hydroxylamine groups is 2. The van der Waals surface area contributed by atoms with E-state index in [1.807, 2.05) is 29.0 Å². The number of Topliss-reactive ketones (excluding diaryl/α,β-unsaturated/α-hetero) is 1. The minimum Gasteiger partial charge on any atom is -0.287 e. The van der Waals surface area contributed by atoms with Crippen molar-refractivity contribution in [1.29, 1.82) is 0 Å². The molecule has 1 aromatic carbocycles. The quantitative estimate of drug-likeness (QED) is 0.686. The Morgan fingerprint density at radius 3 is 2.36 bits per heavy atom. The second-order valence-electron chi connectivity index (χ2n) is 5.51. The van der Waals surface area contributed by atoms with Crippen molar-refractivity contribution in [1.82, 2.24) is 5.48 Å². The lowest BCUT2D eigenvalue weighted by Crippen LogP contribution is -2.25. The molecule has 5 heteroatoms. The van der Waals surface area contributed by atoms with Gasteiger partial charge in [0, 0.05) is 23.1 Å². The van der Waals surface area contributed by atoms with E-state index in [2.05, 4.69) is 5.48 Å². The van der Waals surface area contributed by atoms with Crippen LogP contribution < -0.4 is 5.48 Å². The summed E-state index contributed by atoms with van der Waals surface area (Å²) in [7, 11) is 3.15. The van der Waals surface area contributed by atoms with Crippen molar-refractivity contribution in [3.63, 3.8) is 0 Å². The number of allylic oxidation sites excluding steroid dienone is 1. The molecule has 0 saturated heterocycles. The van der Waals surface area contributed by atoms with Gasteiger partial charge in [-0.3, -0.25) is 19.9 Å². The van der Waals surface area contributed by atoms with Gasteiger partial charge in [0.15, 0.2) is 5.70 Å². The predicted octanol–water partition coefficient (Wildman–Crippen LogP) is 2.68. The zero-order valence-corrected chi connectivity index (χ0v) is 13.0. The summed E-state index contributed by atoms with van der Waals surface area (Å²) < 4.78 is 1.81. The fourth-order valence-corrected chi connectivity index (χ4v) is 3.21. The van der Waals surface area contributed by atoms with E-state index in [-0.39, 0.29) is 5.78 Å². The molecular formula is C17H21N2O3+. The van der Waals surface area contributed by atoms with Crippen LogP contribution in [-0.2, 0) is 9.68 Å². The largest absolute Gasteiger partial charge is 0.294 e. The van der Waals surface area contributed by atoms with E-state index >= 15 is 0 Å². The first-order valence-corrected chi connectivity index (χ1v) is 7.64. The SMILES string of the molecule is CONC1=C([N+](OC)=C2CCCCC2)c2ccccc2C1=O. The predicted molar refractivity (Wildman–Crippen MR) is 83.2 cm³/mol. The van der Waals surface area contributed by atoms with E-state index in [0.29, 0.717) is 11.3 Å². The Morgan fingerprint density at radius 2 is 1.73 bits per heavy atom. The molecule has 0 amide bonds. The minimum atomic E-state index is -0.0640. The van der Waals surface area contributed by atoms with Crippen molar-refractivity contribution in [3.05, 3.63) is 41.1 Å². The zero-order chi connectivity index (χ0) is 15.5. The Bertz CT molecular complexity index is 654. The van der Waals surface area contributed by atoms with Crippen LogP contribution in [0.5, 0.6) is 0 Å². The van der Waals surface area contributed by atoms with Crippen LogP contribution >= 0.6 is 0 Å². The van der Waals surface area contributed by atoms with Crippen LogP contribution in [0.15, 0.2) is 30.0 Å². The highest BCUT2D eigenvalue weighted by Gasteiger charge is 2.40. The van der Waals surface area contributed by atoms with E-state index in [4.69, 9.17) is 9.68 Å². The molecule has 1 saturated carbocycles. The molecule has 3 rings (SSSR count). The fourth-order valence-electron chi connectivity index (χ4n) is 3.21. The van der Waals surface area contributed by atoms with Crippen LogP contribution in [0.2, 0.25) is 0 Å². The molecule has 0 aromatic heterocycles. The lowest BCUT2D eigenvalue weighted by Gasteiger charge is -2.12. The van der Waals surface area contributed by atoms with E-state index < -0.39 is 0 Å². The zero-order valence-electron chi connectivity index (χ0n) is 13.0. The van der Waals surface area contributed by atoms with Crippen molar-refractivity contribution in [2.45, 2.75) is 32.1 Å². The van der Waals surface area contributed by atoms with Crippen LogP contribution in [0.25, 0.3) is 5.70 Å². The van der Waals surface area contributed by atoms with Gasteiger partial charge in [0.1, 0.15) is 7.11 Å². The Hall–Kier alpha value is -2.14. The lowest BCUT2D eigenvalue weighted by molar-refractivity contribution is -0.716. The van der Waals surface area contributed by atoms with E-state index in [0.717, 1.165) is 36.9 Å². The normalized spacial score (nSPS) is 17.5. The average Bonchev–Trinajstić information content (AvgIpc) is 2.84. The van der Waals surface area contributed by atoms with Crippen LogP contribution in [-0.4, -0.2) is 30.5 Å². The maximum absolute atomic E-state index is 12.6. The molecule has 0 radical (unpaired) electrons. The summed E-state index contributed by atoms with van der Waals surface area (Å²) in [6.45, 7) is 0. The molecule has 1 fully saturated rings. The van der Waals surface area contributed by atoms with E-state index in [9.17, 15) is 4.79 Å². The smallest absolute Gasteiger partial charge is 0.287 e. The molecule has 0 bridgehead atoms. The van der Waals surface area contributed by atoms with Crippen LogP contribution in [0.4, 0.5) is 0 Å². The number of hydrogen-bond acceptors (Lipinski definition) is 4. The lowest BCUT2D eigenvalue weighted by atomic mass is 9.98. The third-order valence-electron chi connectivity index (χ3n) is 4.20. The van der Waals surface area contributed by atoms with Gasteiger partial charge in [-0.05, 0) is 18.9 Å². The van der Waals surface area contributed by atoms with Gasteiger partial charge in [-0.2, -0.15) is 0 Å². The number of ketones is 1. The summed E-state index contributed by atoms with van der Waals surface area (Å²) in [5, 5.41) is 0. The summed E-state index contributed by atoms with van der Waals surface area (Å²) in [4.78, 5) is 23.3. The Kier molecular flexibility index (Phi) is 4.24. The molecule has 2 aliphatic carbocycles. The molecule has 5 nitrogen and oxygen atoms in total. The van der Waals surface area contributed by atoms with Gasteiger partial charge in [-0.1, -0.05) is 24.6 Å². The molecule has 0 atom stereocenters. The molecular weight excluding hydrogens is 280 g/mol. The van der Waals surface area contributed by atoms with Gasteiger partial charge in [-0.25, -0.2) is 0 Å². The molecule has 1 N–H and O–H groups in total. The molecule has 2 aliphatic rings. The van der Waals surface area contributed by atoms with Crippen LogP contribution in [0.3, 0.4) is 0 Å². The summed E-state index contributed by atoms with van der Waals surface area (Å²) in [6.07, 6.45) is 5.55. The van der Waals surface area contributed by atoms with Gasteiger partial charge in [0.05, 0.1) is 12.7 Å². The molecule has 0 unspecified atom stereocenters. The Labute approximate surface area is 130 Å². The first-order valence-electron chi connectivity index (χ1n) is 7.64. The van der Waals surface area contributed by atoms with E-state index in [1.165, 1.54) is 19.2 Å². The Balaban J connectivity index is 2.16. The number of carbonyl (C=O) groups excluding carboxylic acids is 1. The summed E-state index contributed by atoms with van der Waals surface area (Å²) in [5.41, 5.74) is 6.70. The molecule has 0 aliphatic heterocycles. The number of benzene rings is 1. The second kappa shape index (κ2) is 6.32. The van der Waals surface area contributed by atoms with Crippen LogP contribution in [0, 0.1) is 0 Å². The van der Waals surface area contributed by atoms with Crippen molar-refractivity contribution in [2.75, 3.05) is 14.2 Å². The maximum atomic E-state index is 12.6. The standard InChI is InChI=1S/C17H20N2O3/c1-21-18-15-16(13-10-6-7-11-14(13)17(15)20)19(22-2)12-8-4-3-5-9-12/h6-7,10-11H,3-5,8-9H2,1-2H3/p+1. The second-order valence-corrected chi connectivity index (χ2v) is 5.51. The van der Waals surface area contributed by atoms with Gasteiger partial charge in [0.25, 0.3) is 5.70 Å². The molecule has 22 heavy (non-hydrogen) atoms. The van der Waals surface area contributed by atoms with Crippen molar-refractivity contribution in [3.8, 4) is 0 Å². The fraction of sp³-hybridized carbons (Fsp3) is 0.412. The monoisotopic (exact) mass is 301 g/mol. The molecule has 1 aromatic rings. The topological polar surface area (TPSA) is 50.6 Å². The maximum Gasteiger partial charge on any atom is 0.294 e. The van der Waals surface area contributed by atoms with Gasteiger partial charge in [0.2, 0.25) is 11.5 Å². The number of fused-ring (bicyclic) bond motifs is 1. The van der Waals surface area contributed by atoms with Crippen molar-refractivity contribution >= 4 is 17.2 Å². The number of hydrogen-bond donors (Lipinski definition) is 1. The summed E-state index contributed by atoms with van der Waals surface area (Å²) in [5.74, 6) is -0.0640. The number of nitrogens with one attached hydrogen (secondary N) is 1. The van der Waals surface area contributed by atoms with Gasteiger partial charge < -0.3 is 0 Å². The average molecular weight is 301 g/mol. The first-order chi connectivity index (χ1) is 10.8. The molecule has 0 spiro atoms. The molecule has 0 heterocycles. The third kappa shape index (κ3) is 2.41. The summed E-state index contributed by atoms with van der Waals surface area (Å²) in [6, 6.07) is 7.58. The van der Waals surface area contributed by atoms with Gasteiger partial charge in [-0.15, -0.1) is 0 Å². The third-order valence-corrected chi connectivity index (χ3v) is 4.20. The van der Waals surface area contributed by atoms with Crippen molar-refractivity contribution < 1.29 is 19.2 Å². The Morgan fingerprint density at radius 1 is 1.05 bits per heavy atom. The highest BCUT2D eigenvalue weighted by atomic mass is 16.7. The van der Waals surface area contributed by atoms with Gasteiger partial charge >= 0.3 is 0 Å². The highest BCUT2D eigenvalue weighted by Crippen LogP contribution is 2.33. The van der Waals surface area contributed by atoms with Crippen molar-refractivity contribution in [2.24, 2.45) is 0 Å². The highest BCUT2D eigenvalue weighted by molar-refractivity contribution is 6.19. The first kappa shape index (κ1) is 14.8. The number of carbonyl (C=O) groups is 1. The minimum absolute atomic E-state index is 0.0640.